The molecule has 6 heteroatoms. The number of hydrogen-bond donors (Lipinski definition) is 1. The van der Waals surface area contributed by atoms with Gasteiger partial charge in [-0.15, -0.1) is 0 Å². The molecule has 1 unspecified atom stereocenters. The Labute approximate surface area is 148 Å². The highest BCUT2D eigenvalue weighted by atomic mass is 16.5. The molecule has 1 atom stereocenters. The number of amides is 1. The van der Waals surface area contributed by atoms with Gasteiger partial charge >= 0.3 is 5.97 Å². The third-order valence-electron chi connectivity index (χ3n) is 4.42. The average Bonchev–Trinajstić information content (AvgIpc) is 3.01. The molecule has 1 fully saturated rings. The molecule has 1 aromatic carbocycles. The zero-order valence-electron chi connectivity index (χ0n) is 15.2. The van der Waals surface area contributed by atoms with Crippen molar-refractivity contribution in [1.82, 2.24) is 4.90 Å². The van der Waals surface area contributed by atoms with Gasteiger partial charge in [-0.2, -0.15) is 0 Å². The molecule has 0 saturated carbocycles. The summed E-state index contributed by atoms with van der Waals surface area (Å²) < 4.78 is 11.1. The molecule has 1 aliphatic rings. The number of carboxylic acids is 1. The Bertz CT molecular complexity index is 614. The first kappa shape index (κ1) is 19.1. The molecule has 2 rings (SSSR count). The smallest absolute Gasteiger partial charge is 0.305 e. The minimum atomic E-state index is -0.882. The van der Waals surface area contributed by atoms with Crippen LogP contribution in [0.3, 0.4) is 0 Å². The van der Waals surface area contributed by atoms with E-state index in [-0.39, 0.29) is 18.4 Å². The van der Waals surface area contributed by atoms with E-state index < -0.39 is 5.97 Å². The van der Waals surface area contributed by atoms with E-state index >= 15 is 0 Å². The number of carboxylic acid groups (broad SMARTS) is 1. The fourth-order valence-electron chi connectivity index (χ4n) is 3.00. The lowest BCUT2D eigenvalue weighted by Gasteiger charge is -2.25. The van der Waals surface area contributed by atoms with Crippen LogP contribution in [0.4, 0.5) is 0 Å². The number of methoxy groups -OCH3 is 1. The first-order chi connectivity index (χ1) is 11.9. The summed E-state index contributed by atoms with van der Waals surface area (Å²) in [4.78, 5) is 25.7. The van der Waals surface area contributed by atoms with Crippen molar-refractivity contribution in [3.05, 3.63) is 23.8 Å². The highest BCUT2D eigenvalue weighted by Crippen LogP contribution is 2.30. The van der Waals surface area contributed by atoms with Crippen LogP contribution in [0.1, 0.15) is 49.9 Å². The van der Waals surface area contributed by atoms with Crippen molar-refractivity contribution in [2.75, 3.05) is 20.3 Å². The summed E-state index contributed by atoms with van der Waals surface area (Å²) in [5, 5.41) is 9.06. The van der Waals surface area contributed by atoms with Gasteiger partial charge in [0.15, 0.2) is 0 Å². The maximum Gasteiger partial charge on any atom is 0.305 e. The van der Waals surface area contributed by atoms with E-state index in [2.05, 4.69) is 13.8 Å². The lowest BCUT2D eigenvalue weighted by Crippen LogP contribution is -2.37. The minimum Gasteiger partial charge on any atom is -0.497 e. The van der Waals surface area contributed by atoms with Crippen LogP contribution in [0.2, 0.25) is 0 Å². The standard InChI is InChI=1S/C19H27NO5/c1-13(2)8-10-25-17-12-15(24-3)6-7-16(17)19(23)20-9-4-5-14(20)11-18(21)22/h6-7,12-14H,4-5,8-11H2,1-3H3,(H,21,22). The van der Waals surface area contributed by atoms with Gasteiger partial charge in [0.25, 0.3) is 5.91 Å². The van der Waals surface area contributed by atoms with Crippen molar-refractivity contribution in [2.24, 2.45) is 5.92 Å². The molecule has 0 radical (unpaired) electrons. The Morgan fingerprint density at radius 2 is 2.12 bits per heavy atom. The molecular weight excluding hydrogens is 322 g/mol. The van der Waals surface area contributed by atoms with Gasteiger partial charge in [0.1, 0.15) is 11.5 Å². The number of carbonyl (C=O) groups excluding carboxylic acids is 1. The number of likely N-dealkylation sites (tertiary alicyclic amines) is 1. The maximum absolute atomic E-state index is 13.0. The van der Waals surface area contributed by atoms with Gasteiger partial charge in [0.05, 0.1) is 25.7 Å². The summed E-state index contributed by atoms with van der Waals surface area (Å²) in [6.45, 7) is 5.32. The van der Waals surface area contributed by atoms with E-state index in [0.717, 1.165) is 19.3 Å². The maximum atomic E-state index is 13.0. The zero-order chi connectivity index (χ0) is 18.4. The zero-order valence-corrected chi connectivity index (χ0v) is 15.2. The average molecular weight is 349 g/mol. The summed E-state index contributed by atoms with van der Waals surface area (Å²) in [6, 6.07) is 4.89. The molecule has 1 N–H and O–H groups in total. The fourth-order valence-corrected chi connectivity index (χ4v) is 3.00. The summed E-state index contributed by atoms with van der Waals surface area (Å²) in [5.41, 5.74) is 0.460. The lowest BCUT2D eigenvalue weighted by atomic mass is 10.1. The van der Waals surface area contributed by atoms with E-state index in [4.69, 9.17) is 14.6 Å². The van der Waals surface area contributed by atoms with Crippen LogP contribution < -0.4 is 9.47 Å². The van der Waals surface area contributed by atoms with Crippen LogP contribution in [-0.2, 0) is 4.79 Å². The molecule has 0 aliphatic carbocycles. The van der Waals surface area contributed by atoms with Gasteiger partial charge < -0.3 is 19.5 Å². The summed E-state index contributed by atoms with van der Waals surface area (Å²) >= 11 is 0. The molecule has 1 amide bonds. The number of nitrogens with zero attached hydrogens (tertiary/aromatic N) is 1. The van der Waals surface area contributed by atoms with Gasteiger partial charge in [0, 0.05) is 18.7 Å². The first-order valence-corrected chi connectivity index (χ1v) is 8.76. The van der Waals surface area contributed by atoms with Crippen molar-refractivity contribution >= 4 is 11.9 Å². The third kappa shape index (κ3) is 5.11. The summed E-state index contributed by atoms with van der Waals surface area (Å²) in [6.07, 6.45) is 2.41. The van der Waals surface area contributed by atoms with Crippen LogP contribution in [0.25, 0.3) is 0 Å². The first-order valence-electron chi connectivity index (χ1n) is 8.76. The monoisotopic (exact) mass is 349 g/mol. The van der Waals surface area contributed by atoms with Gasteiger partial charge in [-0.05, 0) is 37.3 Å². The normalized spacial score (nSPS) is 17.0. The highest BCUT2D eigenvalue weighted by Gasteiger charge is 2.32. The van der Waals surface area contributed by atoms with E-state index in [0.29, 0.717) is 36.1 Å². The number of hydrogen-bond acceptors (Lipinski definition) is 4. The van der Waals surface area contributed by atoms with E-state index in [1.54, 1.807) is 30.2 Å². The molecule has 1 aromatic rings. The van der Waals surface area contributed by atoms with Crippen molar-refractivity contribution in [3.63, 3.8) is 0 Å². The second-order valence-corrected chi connectivity index (χ2v) is 6.79. The summed E-state index contributed by atoms with van der Waals surface area (Å²) in [5.74, 6) is 0.563. The summed E-state index contributed by atoms with van der Waals surface area (Å²) in [7, 11) is 1.57. The molecule has 1 aliphatic heterocycles. The Balaban J connectivity index is 2.20. The predicted molar refractivity (Wildman–Crippen MR) is 94.3 cm³/mol. The molecular formula is C19H27NO5. The fraction of sp³-hybridized carbons (Fsp3) is 0.579. The van der Waals surface area contributed by atoms with Gasteiger partial charge in [0.2, 0.25) is 0 Å². The van der Waals surface area contributed by atoms with Crippen molar-refractivity contribution in [2.45, 2.75) is 45.6 Å². The van der Waals surface area contributed by atoms with Crippen LogP contribution >= 0.6 is 0 Å². The SMILES string of the molecule is COc1ccc(C(=O)N2CCCC2CC(=O)O)c(OCCC(C)C)c1. The topological polar surface area (TPSA) is 76.1 Å². The number of aliphatic carboxylic acids is 1. The quantitative estimate of drug-likeness (QED) is 0.780. The van der Waals surface area contributed by atoms with Crippen molar-refractivity contribution in [3.8, 4) is 11.5 Å². The molecule has 6 nitrogen and oxygen atoms in total. The largest absolute Gasteiger partial charge is 0.497 e. The highest BCUT2D eigenvalue weighted by molar-refractivity contribution is 5.97. The van der Waals surface area contributed by atoms with Crippen LogP contribution in [0, 0.1) is 5.92 Å². The number of carbonyl (C=O) groups is 2. The van der Waals surface area contributed by atoms with Gasteiger partial charge in [-0.1, -0.05) is 13.8 Å². The number of rotatable bonds is 8. The Morgan fingerprint density at radius 3 is 2.76 bits per heavy atom. The Hall–Kier alpha value is -2.24. The third-order valence-corrected chi connectivity index (χ3v) is 4.42. The molecule has 0 bridgehead atoms. The Morgan fingerprint density at radius 1 is 1.36 bits per heavy atom. The van der Waals surface area contributed by atoms with Crippen molar-refractivity contribution in [1.29, 1.82) is 0 Å². The number of ether oxygens (including phenoxy) is 2. The molecule has 0 spiro atoms. The van der Waals surface area contributed by atoms with E-state index in [9.17, 15) is 9.59 Å². The molecule has 0 aromatic heterocycles. The second-order valence-electron chi connectivity index (χ2n) is 6.79. The second kappa shape index (κ2) is 8.74. The van der Waals surface area contributed by atoms with Crippen LogP contribution in [0.5, 0.6) is 11.5 Å². The molecule has 1 saturated heterocycles. The van der Waals surface area contributed by atoms with Crippen LogP contribution in [0.15, 0.2) is 18.2 Å². The van der Waals surface area contributed by atoms with Gasteiger partial charge in [-0.3, -0.25) is 9.59 Å². The molecule has 25 heavy (non-hydrogen) atoms. The van der Waals surface area contributed by atoms with Gasteiger partial charge in [-0.25, -0.2) is 0 Å². The Kier molecular flexibility index (Phi) is 6.67. The van der Waals surface area contributed by atoms with Crippen LogP contribution in [-0.4, -0.2) is 48.2 Å². The van der Waals surface area contributed by atoms with E-state index in [1.807, 2.05) is 0 Å². The predicted octanol–water partition coefficient (Wildman–Crippen LogP) is 3.20. The molecule has 1 heterocycles. The van der Waals surface area contributed by atoms with E-state index in [1.165, 1.54) is 0 Å². The molecule has 138 valence electrons. The number of benzene rings is 1. The lowest BCUT2D eigenvalue weighted by molar-refractivity contribution is -0.137. The van der Waals surface area contributed by atoms with Crippen molar-refractivity contribution < 1.29 is 24.2 Å². The minimum absolute atomic E-state index is 0.0224.